The largest absolute Gasteiger partial charge is 0.382 e. The summed E-state index contributed by atoms with van der Waals surface area (Å²) in [6, 6.07) is 0. The first-order chi connectivity index (χ1) is 9.72. The fourth-order valence-electron chi connectivity index (χ4n) is 3.29. The van der Waals surface area contributed by atoms with E-state index in [4.69, 9.17) is 9.47 Å². The predicted octanol–water partition coefficient (Wildman–Crippen LogP) is 2.08. The third kappa shape index (κ3) is 4.37. The van der Waals surface area contributed by atoms with Crippen molar-refractivity contribution in [1.82, 2.24) is 0 Å². The molecule has 20 heavy (non-hydrogen) atoms. The van der Waals surface area contributed by atoms with Gasteiger partial charge in [0.25, 0.3) is 0 Å². The number of rotatable bonds is 8. The van der Waals surface area contributed by atoms with Crippen molar-refractivity contribution in [1.29, 1.82) is 0 Å². The molecular formula is C15H26O4S. The summed E-state index contributed by atoms with van der Waals surface area (Å²) in [6.07, 6.45) is 6.38. The van der Waals surface area contributed by atoms with Crippen molar-refractivity contribution in [3.05, 3.63) is 0 Å². The van der Waals surface area contributed by atoms with Crippen molar-refractivity contribution in [2.75, 3.05) is 26.9 Å². The molecule has 2 aliphatic heterocycles. The van der Waals surface area contributed by atoms with Crippen LogP contribution in [0, 0.1) is 5.92 Å². The maximum atomic E-state index is 12.2. The van der Waals surface area contributed by atoms with Gasteiger partial charge in [-0.1, -0.05) is 6.42 Å². The highest BCUT2D eigenvalue weighted by Crippen LogP contribution is 2.37. The second-order valence-electron chi connectivity index (χ2n) is 5.85. The van der Waals surface area contributed by atoms with Gasteiger partial charge in [0.15, 0.2) is 0 Å². The molecule has 2 bridgehead atoms. The van der Waals surface area contributed by atoms with Crippen LogP contribution in [0.25, 0.3) is 0 Å². The van der Waals surface area contributed by atoms with Gasteiger partial charge in [0.2, 0.25) is 0 Å². The van der Waals surface area contributed by atoms with Crippen LogP contribution in [0.5, 0.6) is 0 Å². The summed E-state index contributed by atoms with van der Waals surface area (Å²) in [5, 5.41) is 0.573. The minimum Gasteiger partial charge on any atom is -0.382 e. The summed E-state index contributed by atoms with van der Waals surface area (Å²) in [5.74, 6) is 0.510. The molecule has 2 unspecified atom stereocenters. The molecule has 0 radical (unpaired) electrons. The summed E-state index contributed by atoms with van der Waals surface area (Å²) >= 11 is 0. The number of carbonyl (C=O) groups is 1. The Morgan fingerprint density at radius 3 is 2.50 bits per heavy atom. The summed E-state index contributed by atoms with van der Waals surface area (Å²) in [7, 11) is 0.974. The van der Waals surface area contributed by atoms with E-state index in [1.807, 2.05) is 0 Å². The average molecular weight is 302 g/mol. The van der Waals surface area contributed by atoms with Gasteiger partial charge in [-0.05, 0) is 32.1 Å². The number of carbonyl (C=O) groups excluding carboxylic acids is 1. The van der Waals surface area contributed by atoms with E-state index in [1.165, 1.54) is 6.42 Å². The number of ether oxygens (including phenoxy) is 2. The van der Waals surface area contributed by atoms with Crippen LogP contribution in [0.1, 0.15) is 44.9 Å². The lowest BCUT2D eigenvalue weighted by molar-refractivity contribution is -0.123. The van der Waals surface area contributed by atoms with Crippen LogP contribution in [0.4, 0.5) is 0 Å². The van der Waals surface area contributed by atoms with Crippen molar-refractivity contribution in [3.63, 3.8) is 0 Å². The van der Waals surface area contributed by atoms with Gasteiger partial charge in [-0.25, -0.2) is 0 Å². The number of hydrogen-bond donors (Lipinski definition) is 0. The quantitative estimate of drug-likeness (QED) is 0.644. The Balaban J connectivity index is 1.67. The van der Waals surface area contributed by atoms with E-state index in [-0.39, 0.29) is 16.4 Å². The van der Waals surface area contributed by atoms with E-state index < -0.39 is 10.8 Å². The molecule has 0 saturated carbocycles. The molecule has 0 amide bonds. The lowest BCUT2D eigenvalue weighted by Gasteiger charge is -2.37. The standard InChI is InChI=1S/C15H26O4S/c1-18-8-9-19-7-3-6-15(16)12-10-13-4-2-5-14(11-12)20(13)17/h12-14H,2-11H2,1H3. The lowest BCUT2D eigenvalue weighted by Crippen LogP contribution is -2.41. The Hall–Kier alpha value is -0.260. The molecule has 2 aliphatic rings. The van der Waals surface area contributed by atoms with E-state index in [1.54, 1.807) is 7.11 Å². The third-order valence-corrected chi connectivity index (χ3v) is 6.57. The zero-order chi connectivity index (χ0) is 14.4. The zero-order valence-electron chi connectivity index (χ0n) is 12.3. The Labute approximate surface area is 124 Å². The van der Waals surface area contributed by atoms with Gasteiger partial charge < -0.3 is 9.47 Å². The molecule has 0 aliphatic carbocycles. The lowest BCUT2D eigenvalue weighted by atomic mass is 9.85. The van der Waals surface area contributed by atoms with E-state index >= 15 is 0 Å². The Morgan fingerprint density at radius 2 is 1.85 bits per heavy atom. The molecule has 4 nitrogen and oxygen atoms in total. The highest BCUT2D eigenvalue weighted by Gasteiger charge is 2.39. The number of ketones is 1. The number of methoxy groups -OCH3 is 1. The minimum atomic E-state index is -0.675. The second kappa shape index (κ2) is 8.25. The number of fused-ring (bicyclic) bond motifs is 2. The van der Waals surface area contributed by atoms with Crippen LogP contribution in [0.2, 0.25) is 0 Å². The van der Waals surface area contributed by atoms with Crippen molar-refractivity contribution in [2.24, 2.45) is 5.92 Å². The molecule has 2 fully saturated rings. The molecule has 2 saturated heterocycles. The van der Waals surface area contributed by atoms with Crippen LogP contribution >= 0.6 is 0 Å². The number of Topliss-reactive ketones (excluding diaryl/α,β-unsaturated/α-hetero) is 1. The highest BCUT2D eigenvalue weighted by molar-refractivity contribution is 7.86. The zero-order valence-corrected chi connectivity index (χ0v) is 13.2. The summed E-state index contributed by atoms with van der Waals surface area (Å²) in [6.45, 7) is 1.82. The van der Waals surface area contributed by atoms with Crippen molar-refractivity contribution >= 4 is 16.6 Å². The topological polar surface area (TPSA) is 52.6 Å². The molecular weight excluding hydrogens is 276 g/mol. The van der Waals surface area contributed by atoms with Crippen LogP contribution in [0.3, 0.4) is 0 Å². The Bertz CT molecular complexity index is 329. The van der Waals surface area contributed by atoms with Gasteiger partial charge >= 0.3 is 0 Å². The van der Waals surface area contributed by atoms with Crippen LogP contribution in [-0.2, 0) is 25.1 Å². The normalized spacial score (nSPS) is 33.0. The smallest absolute Gasteiger partial charge is 0.136 e. The molecule has 5 heteroatoms. The molecule has 116 valence electrons. The molecule has 0 spiro atoms. The maximum absolute atomic E-state index is 12.2. The molecule has 0 aromatic heterocycles. The van der Waals surface area contributed by atoms with Gasteiger partial charge in [-0.15, -0.1) is 0 Å². The summed E-state index contributed by atoms with van der Waals surface area (Å²) in [5.41, 5.74) is 0. The van der Waals surface area contributed by atoms with Crippen LogP contribution in [0.15, 0.2) is 0 Å². The summed E-state index contributed by atoms with van der Waals surface area (Å²) < 4.78 is 22.4. The predicted molar refractivity (Wildman–Crippen MR) is 79.2 cm³/mol. The monoisotopic (exact) mass is 302 g/mol. The SMILES string of the molecule is COCCOCCCC(=O)C1CC2CCCC(C1)S2=O. The third-order valence-electron chi connectivity index (χ3n) is 4.40. The first-order valence-corrected chi connectivity index (χ1v) is 8.98. The van der Waals surface area contributed by atoms with E-state index in [2.05, 4.69) is 0 Å². The molecule has 0 aromatic carbocycles. The van der Waals surface area contributed by atoms with Gasteiger partial charge in [-0.2, -0.15) is 0 Å². The Morgan fingerprint density at radius 1 is 1.15 bits per heavy atom. The van der Waals surface area contributed by atoms with E-state index in [0.29, 0.717) is 32.0 Å². The first kappa shape index (κ1) is 16.1. The van der Waals surface area contributed by atoms with Gasteiger partial charge in [0.1, 0.15) is 5.78 Å². The maximum Gasteiger partial charge on any atom is 0.136 e. The van der Waals surface area contributed by atoms with Crippen LogP contribution in [-0.4, -0.2) is 47.4 Å². The fraction of sp³-hybridized carbons (Fsp3) is 0.933. The molecule has 0 aromatic rings. The minimum absolute atomic E-state index is 0.155. The molecule has 2 atom stereocenters. The van der Waals surface area contributed by atoms with Gasteiger partial charge in [-0.3, -0.25) is 9.00 Å². The van der Waals surface area contributed by atoms with Crippen LogP contribution < -0.4 is 0 Å². The molecule has 2 heterocycles. The van der Waals surface area contributed by atoms with Crippen molar-refractivity contribution in [2.45, 2.75) is 55.4 Å². The Kier molecular flexibility index (Phi) is 6.65. The summed E-state index contributed by atoms with van der Waals surface area (Å²) in [4.78, 5) is 12.2. The first-order valence-electron chi connectivity index (χ1n) is 7.71. The molecule has 0 N–H and O–H groups in total. The fourth-order valence-corrected chi connectivity index (χ4v) is 5.48. The average Bonchev–Trinajstić information content (AvgIpc) is 2.42. The molecule has 2 rings (SSSR count). The van der Waals surface area contributed by atoms with Gasteiger partial charge in [0.05, 0.1) is 13.2 Å². The van der Waals surface area contributed by atoms with E-state index in [0.717, 1.165) is 32.1 Å². The number of hydrogen-bond acceptors (Lipinski definition) is 4. The van der Waals surface area contributed by atoms with E-state index in [9.17, 15) is 9.00 Å². The highest BCUT2D eigenvalue weighted by atomic mass is 32.2. The van der Waals surface area contributed by atoms with Gasteiger partial charge in [0, 0.05) is 47.4 Å². The van der Waals surface area contributed by atoms with Crippen molar-refractivity contribution < 1.29 is 18.5 Å². The van der Waals surface area contributed by atoms with Crippen molar-refractivity contribution in [3.8, 4) is 0 Å². The second-order valence-corrected chi connectivity index (χ2v) is 7.84.